The van der Waals surface area contributed by atoms with Crippen molar-refractivity contribution >= 4 is 33.0 Å². The van der Waals surface area contributed by atoms with E-state index in [0.29, 0.717) is 6.54 Å². The highest BCUT2D eigenvalue weighted by Gasteiger charge is 2.38. The van der Waals surface area contributed by atoms with Crippen molar-refractivity contribution in [3.8, 4) is 0 Å². The molecule has 136 valence electrons. The van der Waals surface area contributed by atoms with Crippen LogP contribution in [-0.4, -0.2) is 20.1 Å². The molecule has 0 radical (unpaired) electrons. The number of hydrogen-bond acceptors (Lipinski definition) is 4. The van der Waals surface area contributed by atoms with Crippen molar-refractivity contribution < 1.29 is 13.5 Å². The van der Waals surface area contributed by atoms with E-state index in [0.717, 1.165) is 35.4 Å². The lowest BCUT2D eigenvalue weighted by atomic mass is 9.85. The minimum atomic E-state index is -3.66. The fraction of sp³-hybridized carbons (Fsp3) is 0.444. The van der Waals surface area contributed by atoms with Gasteiger partial charge in [0.25, 0.3) is 0 Å². The van der Waals surface area contributed by atoms with Crippen molar-refractivity contribution in [2.24, 2.45) is 0 Å². The number of hydrogen-bond donors (Lipinski definition) is 2. The summed E-state index contributed by atoms with van der Waals surface area (Å²) in [6.07, 6.45) is 3.54. The molecule has 0 bridgehead atoms. The van der Waals surface area contributed by atoms with Crippen LogP contribution in [0.25, 0.3) is 0 Å². The van der Waals surface area contributed by atoms with Gasteiger partial charge in [-0.3, -0.25) is 0 Å². The summed E-state index contributed by atoms with van der Waals surface area (Å²) in [6, 6.07) is 10.4. The van der Waals surface area contributed by atoms with Crippen LogP contribution >= 0.6 is 22.9 Å². The highest BCUT2D eigenvalue weighted by Crippen LogP contribution is 2.44. The molecular weight excluding hydrogens is 378 g/mol. The summed E-state index contributed by atoms with van der Waals surface area (Å²) in [5, 5.41) is 10.0. The van der Waals surface area contributed by atoms with Gasteiger partial charge in [-0.15, -0.1) is 11.3 Å². The highest BCUT2D eigenvalue weighted by molar-refractivity contribution is 7.89. The van der Waals surface area contributed by atoms with Crippen molar-refractivity contribution in [2.75, 3.05) is 6.54 Å². The molecule has 3 rings (SSSR count). The van der Waals surface area contributed by atoms with Gasteiger partial charge in [0.1, 0.15) is 4.90 Å². The Hall–Kier alpha value is -0.920. The molecule has 0 saturated heterocycles. The summed E-state index contributed by atoms with van der Waals surface area (Å²) in [7, 11) is -3.66. The first-order chi connectivity index (χ1) is 11.8. The molecule has 1 atom stereocenters. The zero-order chi connectivity index (χ0) is 18.1. The van der Waals surface area contributed by atoms with E-state index in [1.807, 2.05) is 12.1 Å². The maximum atomic E-state index is 12.7. The Morgan fingerprint density at radius 2 is 1.92 bits per heavy atom. The molecule has 0 aliphatic heterocycles. The Kier molecular flexibility index (Phi) is 5.56. The van der Waals surface area contributed by atoms with Gasteiger partial charge in [0.05, 0.1) is 11.1 Å². The summed E-state index contributed by atoms with van der Waals surface area (Å²) >= 11 is 7.62. The molecule has 7 heteroatoms. The minimum absolute atomic E-state index is 0.112. The van der Waals surface area contributed by atoms with Crippen LogP contribution in [0.4, 0.5) is 0 Å². The maximum absolute atomic E-state index is 12.7. The smallest absolute Gasteiger partial charge is 0.242 e. The number of benzene rings is 1. The topological polar surface area (TPSA) is 66.4 Å². The number of nitrogens with one attached hydrogen (secondary N) is 1. The summed E-state index contributed by atoms with van der Waals surface area (Å²) < 4.78 is 28.1. The molecule has 2 N–H and O–H groups in total. The number of thiophene rings is 1. The molecule has 1 aliphatic carbocycles. The van der Waals surface area contributed by atoms with Crippen molar-refractivity contribution in [1.82, 2.24) is 4.72 Å². The molecule has 0 unspecified atom stereocenters. The van der Waals surface area contributed by atoms with Crippen LogP contribution in [-0.2, 0) is 15.4 Å². The van der Waals surface area contributed by atoms with Gasteiger partial charge in [-0.05, 0) is 44.0 Å². The first kappa shape index (κ1) is 18.9. The van der Waals surface area contributed by atoms with Gasteiger partial charge in [0.2, 0.25) is 10.0 Å². The van der Waals surface area contributed by atoms with E-state index in [2.05, 4.69) is 4.72 Å². The molecule has 25 heavy (non-hydrogen) atoms. The molecule has 1 saturated carbocycles. The predicted molar refractivity (Wildman–Crippen MR) is 102 cm³/mol. The van der Waals surface area contributed by atoms with Gasteiger partial charge < -0.3 is 5.11 Å². The fourth-order valence-corrected chi connectivity index (χ4v) is 6.23. The maximum Gasteiger partial charge on any atom is 0.242 e. The Morgan fingerprint density at radius 3 is 2.52 bits per heavy atom. The van der Waals surface area contributed by atoms with Crippen LogP contribution in [0.3, 0.4) is 0 Å². The second-order valence-corrected chi connectivity index (χ2v) is 9.88. The van der Waals surface area contributed by atoms with E-state index in [-0.39, 0.29) is 15.3 Å². The zero-order valence-electron chi connectivity index (χ0n) is 14.0. The third kappa shape index (κ3) is 3.93. The fourth-order valence-electron chi connectivity index (χ4n) is 3.40. The second-order valence-electron chi connectivity index (χ2n) is 6.62. The quantitative estimate of drug-likeness (QED) is 0.763. The average Bonchev–Trinajstić information content (AvgIpc) is 3.23. The first-order valence-corrected chi connectivity index (χ1v) is 11.0. The van der Waals surface area contributed by atoms with Crippen LogP contribution in [0.5, 0.6) is 0 Å². The lowest BCUT2D eigenvalue weighted by Gasteiger charge is -2.28. The third-order valence-electron chi connectivity index (χ3n) is 4.85. The third-order valence-corrected chi connectivity index (χ3v) is 8.25. The summed E-state index contributed by atoms with van der Waals surface area (Å²) in [6.45, 7) is 2.09. The van der Waals surface area contributed by atoms with Gasteiger partial charge in [-0.1, -0.05) is 36.6 Å². The Labute approximate surface area is 157 Å². The van der Waals surface area contributed by atoms with Crippen LogP contribution in [0.2, 0.25) is 5.02 Å². The molecular formula is C18H22ClNO3S2. The zero-order valence-corrected chi connectivity index (χ0v) is 16.4. The largest absolute Gasteiger partial charge is 0.388 e. The van der Waals surface area contributed by atoms with Crippen LogP contribution < -0.4 is 4.72 Å². The number of halogens is 1. The molecule has 1 aliphatic rings. The summed E-state index contributed by atoms with van der Waals surface area (Å²) in [5.74, 6) is 0. The minimum Gasteiger partial charge on any atom is -0.388 e. The lowest BCUT2D eigenvalue weighted by Crippen LogP contribution is -2.38. The van der Waals surface area contributed by atoms with Gasteiger partial charge in [-0.25, -0.2) is 13.1 Å². The molecule has 1 aromatic heterocycles. The predicted octanol–water partition coefficient (Wildman–Crippen LogP) is 4.25. The molecule has 1 aromatic carbocycles. The van der Waals surface area contributed by atoms with Crippen molar-refractivity contribution in [1.29, 1.82) is 0 Å². The molecule has 0 amide bonds. The number of aliphatic hydroxyl groups excluding tert-OH is 1. The molecule has 4 nitrogen and oxygen atoms in total. The molecule has 1 fully saturated rings. The Bertz CT molecular complexity index is 840. The van der Waals surface area contributed by atoms with E-state index < -0.39 is 16.1 Å². The van der Waals surface area contributed by atoms with Crippen LogP contribution in [0.15, 0.2) is 41.3 Å². The van der Waals surface area contributed by atoms with Gasteiger partial charge in [-0.2, -0.15) is 0 Å². The van der Waals surface area contributed by atoms with E-state index in [1.165, 1.54) is 6.07 Å². The van der Waals surface area contributed by atoms with Gasteiger partial charge >= 0.3 is 0 Å². The van der Waals surface area contributed by atoms with E-state index in [1.54, 1.807) is 36.5 Å². The Morgan fingerprint density at radius 1 is 1.24 bits per heavy atom. The molecule has 0 spiro atoms. The monoisotopic (exact) mass is 399 g/mol. The lowest BCUT2D eigenvalue weighted by molar-refractivity contribution is 0.203. The van der Waals surface area contributed by atoms with Crippen molar-refractivity contribution in [2.45, 2.75) is 49.0 Å². The normalized spacial score (nSPS) is 18.4. The van der Waals surface area contributed by atoms with Crippen molar-refractivity contribution in [3.63, 3.8) is 0 Å². The second kappa shape index (κ2) is 7.37. The number of aliphatic hydroxyl groups is 1. The molecule has 1 heterocycles. The van der Waals surface area contributed by atoms with E-state index >= 15 is 0 Å². The number of rotatable bonds is 6. The molecule has 2 aromatic rings. The van der Waals surface area contributed by atoms with Crippen molar-refractivity contribution in [3.05, 3.63) is 51.2 Å². The first-order valence-electron chi connectivity index (χ1n) is 8.37. The van der Waals surface area contributed by atoms with Crippen LogP contribution in [0.1, 0.15) is 48.5 Å². The SMILES string of the molecule is C[C@@H](O)c1ccc(C2(CNS(=O)(=O)c3ccccc3Cl)CCCC2)s1. The Balaban J connectivity index is 1.84. The van der Waals surface area contributed by atoms with Crippen LogP contribution in [0, 0.1) is 0 Å². The highest BCUT2D eigenvalue weighted by atomic mass is 35.5. The average molecular weight is 400 g/mol. The van der Waals surface area contributed by atoms with E-state index in [4.69, 9.17) is 11.6 Å². The van der Waals surface area contributed by atoms with Gasteiger partial charge in [0, 0.05) is 21.7 Å². The van der Waals surface area contributed by atoms with Gasteiger partial charge in [0.15, 0.2) is 0 Å². The van der Waals surface area contributed by atoms with E-state index in [9.17, 15) is 13.5 Å². The standard InChI is InChI=1S/C18H22ClNO3S2/c1-13(21)15-8-9-17(24-15)18(10-4-5-11-18)12-20-25(22,23)16-7-3-2-6-14(16)19/h2-3,6-9,13,20-21H,4-5,10-12H2,1H3/t13-/m1/s1. The summed E-state index contributed by atoms with van der Waals surface area (Å²) in [4.78, 5) is 2.17. The summed E-state index contributed by atoms with van der Waals surface area (Å²) in [5.41, 5.74) is -0.202. The number of sulfonamides is 1.